The summed E-state index contributed by atoms with van der Waals surface area (Å²) in [5.41, 5.74) is 1.54. The van der Waals surface area contributed by atoms with Crippen LogP contribution in [0, 0.1) is 0 Å². The van der Waals surface area contributed by atoms with Crippen LogP contribution in [0.15, 0.2) is 11.6 Å². The Hall–Kier alpha value is -0.300. The second-order valence-electron chi connectivity index (χ2n) is 6.20. The first-order valence-electron chi connectivity index (χ1n) is 9.08. The third-order valence-electron chi connectivity index (χ3n) is 4.19. The van der Waals surface area contributed by atoms with E-state index >= 15 is 0 Å². The molecule has 0 aromatic rings. The third kappa shape index (κ3) is 12.7. The summed E-state index contributed by atoms with van der Waals surface area (Å²) in [6, 6.07) is 0. The number of hydrogen-bond acceptors (Lipinski definition) is 1. The van der Waals surface area contributed by atoms with Crippen LogP contribution in [0.5, 0.6) is 0 Å². The highest BCUT2D eigenvalue weighted by atomic mass is 15.1. The van der Waals surface area contributed by atoms with Gasteiger partial charge in [-0.25, -0.2) is 0 Å². The van der Waals surface area contributed by atoms with Crippen molar-refractivity contribution in [2.75, 3.05) is 19.6 Å². The van der Waals surface area contributed by atoms with E-state index in [4.69, 9.17) is 0 Å². The van der Waals surface area contributed by atoms with Gasteiger partial charge in [-0.3, -0.25) is 0 Å². The number of hydrogen-bond donors (Lipinski definition) is 0. The van der Waals surface area contributed by atoms with E-state index in [-0.39, 0.29) is 0 Å². The monoisotopic (exact) mass is 281 g/mol. The van der Waals surface area contributed by atoms with Crippen molar-refractivity contribution in [2.45, 2.75) is 91.9 Å². The van der Waals surface area contributed by atoms with Crippen molar-refractivity contribution in [2.24, 2.45) is 0 Å². The summed E-state index contributed by atoms with van der Waals surface area (Å²) in [5.74, 6) is 0. The number of allylic oxidation sites excluding steroid dienone is 2. The third-order valence-corrected chi connectivity index (χ3v) is 4.19. The highest BCUT2D eigenvalue weighted by Crippen LogP contribution is 2.09. The molecule has 0 atom stereocenters. The lowest BCUT2D eigenvalue weighted by molar-refractivity contribution is 0.258. The fourth-order valence-electron chi connectivity index (χ4n) is 2.59. The molecule has 0 radical (unpaired) electrons. The van der Waals surface area contributed by atoms with E-state index in [9.17, 15) is 0 Å². The van der Waals surface area contributed by atoms with Gasteiger partial charge in [-0.05, 0) is 59.2 Å². The Morgan fingerprint density at radius 2 is 1.25 bits per heavy atom. The lowest BCUT2D eigenvalue weighted by Gasteiger charge is -2.22. The minimum Gasteiger partial charge on any atom is -0.303 e. The van der Waals surface area contributed by atoms with E-state index < -0.39 is 0 Å². The zero-order valence-electron chi connectivity index (χ0n) is 14.7. The molecule has 0 amide bonds. The van der Waals surface area contributed by atoms with Crippen molar-refractivity contribution in [3.63, 3.8) is 0 Å². The average Bonchev–Trinajstić information content (AvgIpc) is 2.47. The van der Waals surface area contributed by atoms with Gasteiger partial charge in [-0.1, -0.05) is 64.0 Å². The van der Waals surface area contributed by atoms with Crippen molar-refractivity contribution in [1.29, 1.82) is 0 Å². The first kappa shape index (κ1) is 19.7. The Morgan fingerprint density at radius 3 is 1.70 bits per heavy atom. The maximum absolute atomic E-state index is 2.72. The summed E-state index contributed by atoms with van der Waals surface area (Å²) in [7, 11) is 0. The fourth-order valence-corrected chi connectivity index (χ4v) is 2.59. The molecule has 120 valence electrons. The van der Waals surface area contributed by atoms with Crippen molar-refractivity contribution >= 4 is 0 Å². The van der Waals surface area contributed by atoms with Gasteiger partial charge in [-0.2, -0.15) is 0 Å². The summed E-state index contributed by atoms with van der Waals surface area (Å²) in [6.45, 7) is 12.9. The van der Waals surface area contributed by atoms with Gasteiger partial charge < -0.3 is 4.90 Å². The summed E-state index contributed by atoms with van der Waals surface area (Å²) in [5, 5.41) is 0. The van der Waals surface area contributed by atoms with E-state index in [1.165, 1.54) is 83.8 Å². The molecule has 0 N–H and O–H groups in total. The molecule has 0 aromatic heterocycles. The molecule has 0 aliphatic heterocycles. The van der Waals surface area contributed by atoms with Crippen LogP contribution in [0.25, 0.3) is 0 Å². The molecule has 0 spiro atoms. The predicted molar refractivity (Wildman–Crippen MR) is 93.4 cm³/mol. The zero-order chi connectivity index (χ0) is 15.1. The molecule has 1 nitrogen and oxygen atoms in total. The van der Waals surface area contributed by atoms with E-state index in [0.29, 0.717) is 0 Å². The van der Waals surface area contributed by atoms with E-state index in [1.54, 1.807) is 5.57 Å². The van der Waals surface area contributed by atoms with E-state index in [0.717, 1.165) is 0 Å². The maximum Gasteiger partial charge on any atom is -0.00157 e. The van der Waals surface area contributed by atoms with Gasteiger partial charge in [0.05, 0.1) is 0 Å². The molecule has 1 heteroatoms. The summed E-state index contributed by atoms with van der Waals surface area (Å²) >= 11 is 0. The van der Waals surface area contributed by atoms with Gasteiger partial charge in [0.1, 0.15) is 0 Å². The maximum atomic E-state index is 2.72. The highest BCUT2D eigenvalue weighted by Gasteiger charge is 2.04. The van der Waals surface area contributed by atoms with Gasteiger partial charge >= 0.3 is 0 Å². The van der Waals surface area contributed by atoms with Crippen molar-refractivity contribution in [3.8, 4) is 0 Å². The number of rotatable bonds is 14. The predicted octanol–water partition coefficient (Wildman–Crippen LogP) is 6.20. The minimum atomic E-state index is 1.27. The topological polar surface area (TPSA) is 3.24 Å². The molecule has 0 heterocycles. The van der Waals surface area contributed by atoms with Gasteiger partial charge in [0.2, 0.25) is 0 Å². The second kappa shape index (κ2) is 15.1. The largest absolute Gasteiger partial charge is 0.303 e. The molecule has 0 unspecified atom stereocenters. The van der Waals surface area contributed by atoms with Gasteiger partial charge in [0.15, 0.2) is 0 Å². The van der Waals surface area contributed by atoms with Gasteiger partial charge in [0, 0.05) is 0 Å². The van der Waals surface area contributed by atoms with Crippen LogP contribution in [0.2, 0.25) is 0 Å². The molecule has 0 aromatic carbocycles. The molecule has 20 heavy (non-hydrogen) atoms. The van der Waals surface area contributed by atoms with E-state index in [1.807, 2.05) is 0 Å². The Labute approximate surface area is 128 Å². The molecular weight excluding hydrogens is 242 g/mol. The van der Waals surface area contributed by atoms with Gasteiger partial charge in [-0.15, -0.1) is 0 Å². The van der Waals surface area contributed by atoms with Crippen LogP contribution in [0.3, 0.4) is 0 Å². The Morgan fingerprint density at radius 1 is 0.750 bits per heavy atom. The molecule has 0 aliphatic carbocycles. The fraction of sp³-hybridized carbons (Fsp3) is 0.895. The minimum absolute atomic E-state index is 1.27. The zero-order valence-corrected chi connectivity index (χ0v) is 14.7. The van der Waals surface area contributed by atoms with Crippen molar-refractivity contribution in [3.05, 3.63) is 11.6 Å². The summed E-state index contributed by atoms with van der Waals surface area (Å²) < 4.78 is 0. The number of unbranched alkanes of at least 4 members (excludes halogenated alkanes) is 6. The Balaban J connectivity index is 3.84. The van der Waals surface area contributed by atoms with Crippen LogP contribution in [0.1, 0.15) is 91.9 Å². The van der Waals surface area contributed by atoms with Crippen LogP contribution < -0.4 is 0 Å². The van der Waals surface area contributed by atoms with Crippen molar-refractivity contribution in [1.82, 2.24) is 4.90 Å². The number of nitrogens with zero attached hydrogens (tertiary/aromatic N) is 1. The first-order chi connectivity index (χ1) is 9.74. The van der Waals surface area contributed by atoms with Crippen molar-refractivity contribution < 1.29 is 0 Å². The molecule has 0 aliphatic rings. The lowest BCUT2D eigenvalue weighted by atomic mass is 10.1. The lowest BCUT2D eigenvalue weighted by Crippen LogP contribution is -2.27. The Kier molecular flexibility index (Phi) is 14.9. The molecule has 0 fully saturated rings. The Bertz CT molecular complexity index is 208. The standard InChI is InChI=1S/C19H39N/c1-5-8-10-12-16-20(17-13-11-9-6-2)18-14-15-19(4)7-3/h7H,5-6,8-18H2,1-4H3. The highest BCUT2D eigenvalue weighted by molar-refractivity contribution is 4.95. The normalized spacial score (nSPS) is 12.3. The molecule has 0 rings (SSSR count). The van der Waals surface area contributed by atoms with Crippen LogP contribution in [0.4, 0.5) is 0 Å². The molecule has 0 bridgehead atoms. The SMILES string of the molecule is CC=C(C)CCCN(CCCCCC)CCCCCC. The van der Waals surface area contributed by atoms with Crippen LogP contribution in [-0.4, -0.2) is 24.5 Å². The smallest absolute Gasteiger partial charge is 0.00157 e. The van der Waals surface area contributed by atoms with Gasteiger partial charge in [0.25, 0.3) is 0 Å². The summed E-state index contributed by atoms with van der Waals surface area (Å²) in [6.07, 6.45) is 16.0. The quantitative estimate of drug-likeness (QED) is 0.271. The average molecular weight is 282 g/mol. The molecule has 0 saturated heterocycles. The van der Waals surface area contributed by atoms with Crippen LogP contribution in [-0.2, 0) is 0 Å². The first-order valence-corrected chi connectivity index (χ1v) is 9.08. The van der Waals surface area contributed by atoms with Crippen LogP contribution >= 0.6 is 0 Å². The molecule has 0 saturated carbocycles. The summed E-state index contributed by atoms with van der Waals surface area (Å²) in [4.78, 5) is 2.72. The van der Waals surface area contributed by atoms with E-state index in [2.05, 4.69) is 38.7 Å². The second-order valence-corrected chi connectivity index (χ2v) is 6.20. The molecular formula is C19H39N.